The summed E-state index contributed by atoms with van der Waals surface area (Å²) in [6.07, 6.45) is 0. The first-order valence-electron chi connectivity index (χ1n) is 3.06. The van der Waals surface area contributed by atoms with Crippen LogP contribution in [0.4, 0.5) is 4.79 Å². The van der Waals surface area contributed by atoms with Gasteiger partial charge in [-0.2, -0.15) is 0 Å². The number of carbonyl (C=O) groups excluding carboxylic acids is 2. The third-order valence-corrected chi connectivity index (χ3v) is 1.18. The molecule has 0 radical (unpaired) electrons. The molecule has 1 unspecified atom stereocenters. The van der Waals surface area contributed by atoms with Crippen LogP contribution in [0, 0.1) is 0 Å². The molecule has 0 aromatic carbocycles. The Kier molecular flexibility index (Phi) is 3.46. The van der Waals surface area contributed by atoms with E-state index in [1.165, 1.54) is 14.0 Å². The van der Waals surface area contributed by atoms with Crippen LogP contribution >= 0.6 is 0 Å². The SMILES string of the molecule is CNC(=O)NC(C)C(C)=O. The lowest BCUT2D eigenvalue weighted by Crippen LogP contribution is -2.42. The molecule has 2 amide bonds. The average Bonchev–Trinajstić information content (AvgIpc) is 1.87. The molecule has 0 heterocycles. The minimum Gasteiger partial charge on any atom is -0.341 e. The molecule has 0 fully saturated rings. The van der Waals surface area contributed by atoms with Gasteiger partial charge in [0.2, 0.25) is 0 Å². The average molecular weight is 144 g/mol. The number of urea groups is 1. The zero-order valence-corrected chi connectivity index (χ0v) is 6.39. The van der Waals surface area contributed by atoms with Gasteiger partial charge in [0.1, 0.15) is 0 Å². The highest BCUT2D eigenvalue weighted by Crippen LogP contribution is 1.81. The fraction of sp³-hybridized carbons (Fsp3) is 0.667. The van der Waals surface area contributed by atoms with Crippen LogP contribution < -0.4 is 10.6 Å². The van der Waals surface area contributed by atoms with Crippen molar-refractivity contribution in [2.75, 3.05) is 7.05 Å². The summed E-state index contributed by atoms with van der Waals surface area (Å²) in [7, 11) is 1.50. The quantitative estimate of drug-likeness (QED) is 0.568. The van der Waals surface area contributed by atoms with Crippen LogP contribution in [0.25, 0.3) is 0 Å². The Balaban J connectivity index is 3.68. The highest BCUT2D eigenvalue weighted by atomic mass is 16.2. The summed E-state index contributed by atoms with van der Waals surface area (Å²) in [6, 6.07) is -0.734. The second-order valence-corrected chi connectivity index (χ2v) is 2.06. The summed E-state index contributed by atoms with van der Waals surface area (Å²) in [4.78, 5) is 21.1. The van der Waals surface area contributed by atoms with Crippen molar-refractivity contribution >= 4 is 11.8 Å². The molecular formula is C6H12N2O2. The van der Waals surface area contributed by atoms with Gasteiger partial charge in [-0.15, -0.1) is 0 Å². The van der Waals surface area contributed by atoms with Gasteiger partial charge in [-0.25, -0.2) is 4.79 Å². The lowest BCUT2D eigenvalue weighted by molar-refractivity contribution is -0.118. The number of hydrogen-bond acceptors (Lipinski definition) is 2. The van der Waals surface area contributed by atoms with E-state index in [1.54, 1.807) is 6.92 Å². The minimum atomic E-state index is -0.403. The molecule has 0 aliphatic rings. The standard InChI is InChI=1S/C6H12N2O2/c1-4(5(2)9)8-6(10)7-3/h4H,1-3H3,(H2,7,8,10). The molecule has 0 aliphatic heterocycles. The first-order chi connectivity index (χ1) is 4.57. The lowest BCUT2D eigenvalue weighted by atomic mass is 10.2. The van der Waals surface area contributed by atoms with Gasteiger partial charge >= 0.3 is 6.03 Å². The molecule has 58 valence electrons. The molecule has 10 heavy (non-hydrogen) atoms. The topological polar surface area (TPSA) is 58.2 Å². The predicted molar refractivity (Wildman–Crippen MR) is 37.7 cm³/mol. The van der Waals surface area contributed by atoms with Crippen LogP contribution in [0.3, 0.4) is 0 Å². The van der Waals surface area contributed by atoms with E-state index in [2.05, 4.69) is 10.6 Å². The van der Waals surface area contributed by atoms with Crippen molar-refractivity contribution < 1.29 is 9.59 Å². The van der Waals surface area contributed by atoms with Crippen LogP contribution in [-0.2, 0) is 4.79 Å². The Morgan fingerprint density at radius 1 is 1.40 bits per heavy atom. The number of rotatable bonds is 2. The van der Waals surface area contributed by atoms with Gasteiger partial charge in [0.15, 0.2) is 5.78 Å². The molecular weight excluding hydrogens is 132 g/mol. The fourth-order valence-electron chi connectivity index (χ4n) is 0.370. The van der Waals surface area contributed by atoms with Crippen molar-refractivity contribution in [2.45, 2.75) is 19.9 Å². The maximum Gasteiger partial charge on any atom is 0.315 e. The van der Waals surface area contributed by atoms with E-state index in [0.29, 0.717) is 0 Å². The van der Waals surface area contributed by atoms with Crippen molar-refractivity contribution in [1.82, 2.24) is 10.6 Å². The maximum atomic E-state index is 10.6. The summed E-state index contributed by atoms with van der Waals surface area (Å²) in [5.41, 5.74) is 0. The van der Waals surface area contributed by atoms with E-state index in [-0.39, 0.29) is 11.8 Å². The maximum absolute atomic E-state index is 10.6. The van der Waals surface area contributed by atoms with Gasteiger partial charge in [-0.1, -0.05) is 0 Å². The molecule has 0 saturated carbocycles. The third-order valence-electron chi connectivity index (χ3n) is 1.18. The second kappa shape index (κ2) is 3.87. The minimum absolute atomic E-state index is 0.0522. The number of carbonyl (C=O) groups is 2. The summed E-state index contributed by atoms with van der Waals surface area (Å²) in [6.45, 7) is 3.07. The van der Waals surface area contributed by atoms with Gasteiger partial charge in [-0.3, -0.25) is 4.79 Å². The molecule has 1 atom stereocenters. The number of Topliss-reactive ketones (excluding diaryl/α,β-unsaturated/α-hetero) is 1. The number of hydrogen-bond donors (Lipinski definition) is 2. The van der Waals surface area contributed by atoms with Crippen molar-refractivity contribution in [2.24, 2.45) is 0 Å². The highest BCUT2D eigenvalue weighted by Gasteiger charge is 2.08. The Labute approximate surface area is 60.0 Å². The summed E-state index contributed by atoms with van der Waals surface area (Å²) < 4.78 is 0. The Hall–Kier alpha value is -1.06. The van der Waals surface area contributed by atoms with Crippen LogP contribution in [-0.4, -0.2) is 24.9 Å². The molecule has 0 spiro atoms. The highest BCUT2D eigenvalue weighted by molar-refractivity contribution is 5.86. The van der Waals surface area contributed by atoms with Gasteiger partial charge < -0.3 is 10.6 Å². The Morgan fingerprint density at radius 3 is 2.20 bits per heavy atom. The number of ketones is 1. The molecule has 4 nitrogen and oxygen atoms in total. The predicted octanol–water partition coefficient (Wildman–Crippen LogP) is -0.107. The number of nitrogens with one attached hydrogen (secondary N) is 2. The normalized spacial score (nSPS) is 11.9. The summed E-state index contributed by atoms with van der Waals surface area (Å²) in [5.74, 6) is -0.0522. The molecule has 2 N–H and O–H groups in total. The third kappa shape index (κ3) is 3.06. The van der Waals surface area contributed by atoms with E-state index < -0.39 is 6.04 Å². The molecule has 4 heteroatoms. The zero-order valence-electron chi connectivity index (χ0n) is 6.39. The summed E-state index contributed by atoms with van der Waals surface area (Å²) in [5, 5.41) is 4.78. The van der Waals surface area contributed by atoms with Crippen molar-refractivity contribution in [3.8, 4) is 0 Å². The van der Waals surface area contributed by atoms with Gasteiger partial charge in [0.05, 0.1) is 6.04 Å². The van der Waals surface area contributed by atoms with Crippen LogP contribution in [0.1, 0.15) is 13.8 Å². The van der Waals surface area contributed by atoms with Crippen molar-refractivity contribution in [3.05, 3.63) is 0 Å². The molecule has 0 aromatic rings. The van der Waals surface area contributed by atoms with E-state index in [1.807, 2.05) is 0 Å². The largest absolute Gasteiger partial charge is 0.341 e. The van der Waals surface area contributed by atoms with Gasteiger partial charge in [0, 0.05) is 7.05 Å². The monoisotopic (exact) mass is 144 g/mol. The van der Waals surface area contributed by atoms with Crippen LogP contribution in [0.2, 0.25) is 0 Å². The van der Waals surface area contributed by atoms with Crippen LogP contribution in [0.5, 0.6) is 0 Å². The molecule has 0 bridgehead atoms. The van der Waals surface area contributed by atoms with Crippen molar-refractivity contribution in [1.29, 1.82) is 0 Å². The number of amides is 2. The zero-order chi connectivity index (χ0) is 8.15. The molecule has 0 aromatic heterocycles. The van der Waals surface area contributed by atoms with Gasteiger partial charge in [0.25, 0.3) is 0 Å². The lowest BCUT2D eigenvalue weighted by Gasteiger charge is -2.08. The van der Waals surface area contributed by atoms with E-state index >= 15 is 0 Å². The smallest absolute Gasteiger partial charge is 0.315 e. The van der Waals surface area contributed by atoms with Crippen LogP contribution in [0.15, 0.2) is 0 Å². The molecule has 0 rings (SSSR count). The summed E-state index contributed by atoms with van der Waals surface area (Å²) >= 11 is 0. The van der Waals surface area contributed by atoms with Crippen molar-refractivity contribution in [3.63, 3.8) is 0 Å². The Morgan fingerprint density at radius 2 is 1.90 bits per heavy atom. The molecule has 0 saturated heterocycles. The fourth-order valence-corrected chi connectivity index (χ4v) is 0.370. The van der Waals surface area contributed by atoms with E-state index in [9.17, 15) is 9.59 Å². The van der Waals surface area contributed by atoms with Gasteiger partial charge in [-0.05, 0) is 13.8 Å². The first kappa shape index (κ1) is 8.94. The van der Waals surface area contributed by atoms with E-state index in [4.69, 9.17) is 0 Å². The first-order valence-corrected chi connectivity index (χ1v) is 3.06. The van der Waals surface area contributed by atoms with E-state index in [0.717, 1.165) is 0 Å². The molecule has 0 aliphatic carbocycles. The Bertz CT molecular complexity index is 145. The second-order valence-electron chi connectivity index (χ2n) is 2.06.